The Morgan fingerprint density at radius 2 is 0.725 bits per heavy atom. The van der Waals surface area contributed by atoms with Crippen molar-refractivity contribution >= 4 is 48.6 Å². The first kappa shape index (κ1) is 30.8. The maximum absolute atomic E-state index is 2.42. The van der Waals surface area contributed by atoms with E-state index in [1.807, 2.05) is 11.3 Å². The van der Waals surface area contributed by atoms with Crippen molar-refractivity contribution in [1.82, 2.24) is 0 Å². The second kappa shape index (κ2) is 13.6. The van der Waals surface area contributed by atoms with E-state index in [0.717, 1.165) is 17.1 Å². The lowest BCUT2D eigenvalue weighted by Crippen LogP contribution is -2.09. The van der Waals surface area contributed by atoms with Crippen LogP contribution in [0, 0.1) is 0 Å². The summed E-state index contributed by atoms with van der Waals surface area (Å²) in [6.07, 6.45) is 0. The van der Waals surface area contributed by atoms with Crippen LogP contribution in [0.5, 0.6) is 0 Å². The van der Waals surface area contributed by atoms with E-state index in [1.54, 1.807) is 0 Å². The molecular formula is C49H35NS. The highest BCUT2D eigenvalue weighted by Gasteiger charge is 2.19. The van der Waals surface area contributed by atoms with Gasteiger partial charge in [0.05, 0.1) is 0 Å². The zero-order valence-corrected chi connectivity index (χ0v) is 28.9. The fourth-order valence-corrected chi connectivity index (χ4v) is 8.47. The Labute approximate surface area is 303 Å². The zero-order valence-electron chi connectivity index (χ0n) is 28.1. The van der Waals surface area contributed by atoms with Crippen molar-refractivity contribution in [1.29, 1.82) is 0 Å². The van der Waals surface area contributed by atoms with E-state index in [4.69, 9.17) is 0 Å². The van der Waals surface area contributed by atoms with Crippen LogP contribution >= 0.6 is 11.3 Å². The highest BCUT2D eigenvalue weighted by Crippen LogP contribution is 2.42. The number of thiophene rings is 1. The minimum atomic E-state index is 0.123. The van der Waals surface area contributed by atoms with Gasteiger partial charge in [0, 0.05) is 43.2 Å². The second-order valence-corrected chi connectivity index (χ2v) is 14.0. The minimum absolute atomic E-state index is 0.123. The number of benzene rings is 8. The normalized spacial score (nSPS) is 11.8. The summed E-state index contributed by atoms with van der Waals surface area (Å²) in [6.45, 7) is 0. The molecule has 0 aliphatic heterocycles. The molecule has 9 rings (SSSR count). The van der Waals surface area contributed by atoms with Gasteiger partial charge >= 0.3 is 0 Å². The van der Waals surface area contributed by atoms with Crippen molar-refractivity contribution in [2.24, 2.45) is 0 Å². The third kappa shape index (κ3) is 6.12. The summed E-state index contributed by atoms with van der Waals surface area (Å²) in [5.41, 5.74) is 12.2. The third-order valence-corrected chi connectivity index (χ3v) is 10.9. The summed E-state index contributed by atoms with van der Waals surface area (Å²) in [5.74, 6) is 0.123. The maximum Gasteiger partial charge on any atom is 0.0476 e. The molecule has 0 spiro atoms. The summed E-state index contributed by atoms with van der Waals surface area (Å²) >= 11 is 1.88. The molecule has 9 aromatic rings. The van der Waals surface area contributed by atoms with Gasteiger partial charge in [-0.25, -0.2) is 0 Å². The molecule has 0 saturated carbocycles. The summed E-state index contributed by atoms with van der Waals surface area (Å²) in [6, 6.07) is 74.7. The topological polar surface area (TPSA) is 3.24 Å². The molecule has 1 nitrogen and oxygen atoms in total. The number of para-hydroxylation sites is 2. The molecule has 0 radical (unpaired) electrons. The Morgan fingerprint density at radius 1 is 0.314 bits per heavy atom. The van der Waals surface area contributed by atoms with Crippen LogP contribution in [0.25, 0.3) is 42.4 Å². The average molecular weight is 670 g/mol. The van der Waals surface area contributed by atoms with E-state index in [-0.39, 0.29) is 5.92 Å². The van der Waals surface area contributed by atoms with Crippen LogP contribution in [0.3, 0.4) is 0 Å². The third-order valence-electron chi connectivity index (χ3n) is 9.80. The predicted octanol–water partition coefficient (Wildman–Crippen LogP) is 14.0. The van der Waals surface area contributed by atoms with Gasteiger partial charge in [0.2, 0.25) is 0 Å². The molecule has 2 heteroatoms. The Hall–Kier alpha value is -6.22. The molecule has 0 amide bonds. The van der Waals surface area contributed by atoms with Gasteiger partial charge in [-0.1, -0.05) is 164 Å². The van der Waals surface area contributed by atoms with Gasteiger partial charge in [-0.3, -0.25) is 0 Å². The monoisotopic (exact) mass is 669 g/mol. The van der Waals surface area contributed by atoms with Gasteiger partial charge in [0.25, 0.3) is 0 Å². The number of fused-ring (bicyclic) bond motifs is 3. The first-order valence-corrected chi connectivity index (χ1v) is 18.3. The van der Waals surface area contributed by atoms with Crippen LogP contribution in [0.4, 0.5) is 17.1 Å². The molecule has 1 atom stereocenters. The van der Waals surface area contributed by atoms with Crippen LogP contribution in [0.15, 0.2) is 206 Å². The Balaban J connectivity index is 1.07. The van der Waals surface area contributed by atoms with Crippen LogP contribution in [0.1, 0.15) is 22.6 Å². The Morgan fingerprint density at radius 3 is 1.29 bits per heavy atom. The predicted molar refractivity (Wildman–Crippen MR) is 219 cm³/mol. The molecule has 8 aromatic carbocycles. The van der Waals surface area contributed by atoms with E-state index in [1.165, 1.54) is 59.1 Å². The van der Waals surface area contributed by atoms with Crippen LogP contribution in [0.2, 0.25) is 0 Å². The van der Waals surface area contributed by atoms with Gasteiger partial charge in [-0.15, -0.1) is 11.3 Å². The largest absolute Gasteiger partial charge is 0.310 e. The molecule has 0 bridgehead atoms. The number of nitrogens with zero attached hydrogens (tertiary/aromatic N) is 1. The molecule has 0 aliphatic carbocycles. The van der Waals surface area contributed by atoms with E-state index in [9.17, 15) is 0 Å². The van der Waals surface area contributed by atoms with Crippen molar-refractivity contribution in [3.8, 4) is 22.3 Å². The van der Waals surface area contributed by atoms with E-state index < -0.39 is 0 Å². The summed E-state index contributed by atoms with van der Waals surface area (Å²) in [4.78, 5) is 2.34. The average Bonchev–Trinajstić information content (AvgIpc) is 3.57. The van der Waals surface area contributed by atoms with Gasteiger partial charge in [0.1, 0.15) is 0 Å². The maximum atomic E-state index is 2.42. The van der Waals surface area contributed by atoms with E-state index >= 15 is 0 Å². The molecule has 0 N–H and O–H groups in total. The minimum Gasteiger partial charge on any atom is -0.310 e. The van der Waals surface area contributed by atoms with Crippen molar-refractivity contribution in [3.63, 3.8) is 0 Å². The number of rotatable bonds is 8. The quantitative estimate of drug-likeness (QED) is 0.146. The molecule has 51 heavy (non-hydrogen) atoms. The van der Waals surface area contributed by atoms with Crippen molar-refractivity contribution in [2.75, 3.05) is 4.90 Å². The van der Waals surface area contributed by atoms with Gasteiger partial charge in [-0.2, -0.15) is 0 Å². The van der Waals surface area contributed by atoms with Gasteiger partial charge < -0.3 is 4.90 Å². The fourth-order valence-electron chi connectivity index (χ4n) is 7.28. The summed E-state index contributed by atoms with van der Waals surface area (Å²) in [5, 5.41) is 2.60. The number of hydrogen-bond donors (Lipinski definition) is 0. The van der Waals surface area contributed by atoms with Crippen LogP contribution in [-0.2, 0) is 0 Å². The molecule has 242 valence electrons. The zero-order chi connectivity index (χ0) is 34.0. The Bertz CT molecular complexity index is 2500. The van der Waals surface area contributed by atoms with E-state index in [0.29, 0.717) is 0 Å². The molecule has 0 aliphatic rings. The lowest BCUT2D eigenvalue weighted by Gasteiger charge is -2.25. The number of hydrogen-bond acceptors (Lipinski definition) is 2. The van der Waals surface area contributed by atoms with Gasteiger partial charge in [-0.05, 0) is 81.4 Å². The first-order chi connectivity index (χ1) is 25.3. The fraction of sp³-hybridized carbons (Fsp3) is 0.0204. The van der Waals surface area contributed by atoms with Crippen molar-refractivity contribution in [2.45, 2.75) is 5.92 Å². The molecule has 1 heterocycles. The summed E-state index contributed by atoms with van der Waals surface area (Å²) < 4.78 is 2.59. The van der Waals surface area contributed by atoms with Crippen LogP contribution < -0.4 is 4.90 Å². The van der Waals surface area contributed by atoms with E-state index in [2.05, 4.69) is 211 Å². The highest BCUT2D eigenvalue weighted by atomic mass is 32.1. The Kier molecular flexibility index (Phi) is 8.21. The first-order valence-electron chi connectivity index (χ1n) is 17.5. The van der Waals surface area contributed by atoms with Crippen molar-refractivity contribution < 1.29 is 0 Å². The van der Waals surface area contributed by atoms with Gasteiger partial charge in [0.15, 0.2) is 0 Å². The second-order valence-electron chi connectivity index (χ2n) is 13.0. The molecule has 0 fully saturated rings. The molecular weight excluding hydrogens is 635 g/mol. The molecule has 1 aromatic heterocycles. The summed E-state index contributed by atoms with van der Waals surface area (Å²) in [7, 11) is 0. The van der Waals surface area contributed by atoms with Crippen molar-refractivity contribution in [3.05, 3.63) is 223 Å². The highest BCUT2D eigenvalue weighted by molar-refractivity contribution is 7.25. The lowest BCUT2D eigenvalue weighted by atomic mass is 9.84. The smallest absolute Gasteiger partial charge is 0.0476 e. The standard InChI is InChI=1S/C49H35NS/c1-5-13-35(14-6-1)36-21-23-37(24-22-36)38-25-27-40(28-26-38)49(39-15-7-2-8-16-39)41-29-31-45-46-32-30-44(34-48(46)51-47(45)33-41)50(42-17-9-3-10-18-42)43-19-11-4-12-20-43/h1-34,49H. The SMILES string of the molecule is c1ccc(-c2ccc(-c3ccc(C(c4ccccc4)c4ccc5c(c4)sc4cc(N(c6ccccc6)c6ccccc6)ccc45)cc3)cc2)cc1. The molecule has 1 unspecified atom stereocenters. The number of anilines is 3. The van der Waals surface area contributed by atoms with Crippen LogP contribution in [-0.4, -0.2) is 0 Å². The lowest BCUT2D eigenvalue weighted by molar-refractivity contribution is 0.981. The molecule has 0 saturated heterocycles.